The van der Waals surface area contributed by atoms with Crippen molar-refractivity contribution in [1.29, 1.82) is 0 Å². The molecule has 1 saturated heterocycles. The summed E-state index contributed by atoms with van der Waals surface area (Å²) in [5.74, 6) is 0. The second-order valence-corrected chi connectivity index (χ2v) is 8.72. The lowest BCUT2D eigenvalue weighted by Gasteiger charge is -2.32. The van der Waals surface area contributed by atoms with Gasteiger partial charge in [-0.15, -0.1) is 0 Å². The minimum atomic E-state index is -3.83. The highest BCUT2D eigenvalue weighted by Crippen LogP contribution is 2.28. The van der Waals surface area contributed by atoms with Crippen molar-refractivity contribution >= 4 is 43.4 Å². The second-order valence-electron chi connectivity index (χ2n) is 4.42. The van der Waals surface area contributed by atoms with Gasteiger partial charge in [0.2, 0.25) is 10.0 Å². The summed E-state index contributed by atoms with van der Waals surface area (Å²) in [6, 6.07) is 4.16. The predicted octanol–water partition coefficient (Wildman–Crippen LogP) is 0.503. The van der Waals surface area contributed by atoms with Crippen molar-refractivity contribution in [2.24, 2.45) is 5.14 Å². The van der Waals surface area contributed by atoms with E-state index in [1.165, 1.54) is 18.2 Å². The molecule has 1 fully saturated rings. The van der Waals surface area contributed by atoms with E-state index >= 15 is 0 Å². The third-order valence-corrected chi connectivity index (χ3v) is 6.77. The van der Waals surface area contributed by atoms with Crippen LogP contribution in [0.4, 0.5) is 0 Å². The van der Waals surface area contributed by atoms with Crippen molar-refractivity contribution < 1.29 is 16.8 Å². The van der Waals surface area contributed by atoms with E-state index in [0.29, 0.717) is 0 Å². The second kappa shape index (κ2) is 5.99. The molecule has 2 rings (SSSR count). The Bertz CT molecular complexity index is 744. The Kier molecular flexibility index (Phi) is 4.84. The van der Waals surface area contributed by atoms with Crippen molar-refractivity contribution in [1.82, 2.24) is 8.61 Å². The Morgan fingerprint density at radius 3 is 2.00 bits per heavy atom. The molecule has 0 unspecified atom stereocenters. The maximum Gasteiger partial charge on any atom is 0.276 e. The van der Waals surface area contributed by atoms with Crippen LogP contribution in [0.15, 0.2) is 23.1 Å². The van der Waals surface area contributed by atoms with Crippen LogP contribution < -0.4 is 5.14 Å². The zero-order chi connectivity index (χ0) is 15.8. The van der Waals surface area contributed by atoms with Crippen molar-refractivity contribution in [3.63, 3.8) is 0 Å². The van der Waals surface area contributed by atoms with E-state index in [-0.39, 0.29) is 41.1 Å². The monoisotopic (exact) mass is 373 g/mol. The summed E-state index contributed by atoms with van der Waals surface area (Å²) in [7, 11) is -7.64. The van der Waals surface area contributed by atoms with E-state index in [2.05, 4.69) is 0 Å². The van der Waals surface area contributed by atoms with Crippen LogP contribution in [0.5, 0.6) is 0 Å². The van der Waals surface area contributed by atoms with E-state index in [9.17, 15) is 16.8 Å². The first kappa shape index (κ1) is 16.9. The number of benzene rings is 1. The largest absolute Gasteiger partial charge is 0.276 e. The van der Waals surface area contributed by atoms with Crippen LogP contribution in [-0.4, -0.2) is 51.6 Å². The number of hydrogen-bond donors (Lipinski definition) is 1. The average molecular weight is 374 g/mol. The number of hydrogen-bond acceptors (Lipinski definition) is 4. The highest BCUT2D eigenvalue weighted by Gasteiger charge is 2.32. The lowest BCUT2D eigenvalue weighted by molar-refractivity contribution is 0.273. The lowest BCUT2D eigenvalue weighted by Crippen LogP contribution is -2.52. The smallest absolute Gasteiger partial charge is 0.216 e. The van der Waals surface area contributed by atoms with Gasteiger partial charge >= 0.3 is 0 Å². The number of nitrogens with two attached hydrogens (primary N) is 1. The van der Waals surface area contributed by atoms with E-state index < -0.39 is 20.2 Å². The number of halogens is 2. The maximum atomic E-state index is 12.5. The van der Waals surface area contributed by atoms with E-state index in [1.54, 1.807) is 0 Å². The van der Waals surface area contributed by atoms with Gasteiger partial charge in [0.05, 0.1) is 5.02 Å². The third kappa shape index (κ3) is 3.67. The van der Waals surface area contributed by atoms with Crippen molar-refractivity contribution in [2.45, 2.75) is 4.90 Å². The summed E-state index contributed by atoms with van der Waals surface area (Å²) in [5, 5.41) is 5.33. The van der Waals surface area contributed by atoms with Gasteiger partial charge in [-0.2, -0.15) is 17.0 Å². The number of piperazine rings is 1. The molecule has 1 aliphatic rings. The topological polar surface area (TPSA) is 101 Å². The molecular weight excluding hydrogens is 361 g/mol. The van der Waals surface area contributed by atoms with Gasteiger partial charge in [0, 0.05) is 31.2 Å². The van der Waals surface area contributed by atoms with Crippen molar-refractivity contribution in [2.75, 3.05) is 26.2 Å². The summed E-state index contributed by atoms with van der Waals surface area (Å²) >= 11 is 11.7. The fourth-order valence-corrected chi connectivity index (χ4v) is 4.81. The zero-order valence-corrected chi connectivity index (χ0v) is 13.9. The summed E-state index contributed by atoms with van der Waals surface area (Å²) in [6.07, 6.45) is 0. The molecule has 0 bridgehead atoms. The minimum Gasteiger partial charge on any atom is -0.216 e. The van der Waals surface area contributed by atoms with Crippen LogP contribution in [0.25, 0.3) is 0 Å². The van der Waals surface area contributed by atoms with E-state index in [4.69, 9.17) is 28.3 Å². The van der Waals surface area contributed by atoms with E-state index in [0.717, 1.165) is 8.61 Å². The summed E-state index contributed by atoms with van der Waals surface area (Å²) in [4.78, 5) is -0.0966. The van der Waals surface area contributed by atoms with Crippen LogP contribution in [0, 0.1) is 0 Å². The summed E-state index contributed by atoms with van der Waals surface area (Å²) < 4.78 is 49.6. The Balaban J connectivity index is 2.25. The van der Waals surface area contributed by atoms with Gasteiger partial charge in [0.15, 0.2) is 0 Å². The van der Waals surface area contributed by atoms with Crippen LogP contribution >= 0.6 is 23.2 Å². The molecule has 21 heavy (non-hydrogen) atoms. The summed E-state index contributed by atoms with van der Waals surface area (Å²) in [5.41, 5.74) is 0. The molecule has 2 N–H and O–H groups in total. The Morgan fingerprint density at radius 1 is 0.952 bits per heavy atom. The molecule has 1 aliphatic heterocycles. The first-order valence-electron chi connectivity index (χ1n) is 5.85. The highest BCUT2D eigenvalue weighted by atomic mass is 35.5. The molecular formula is C10H13Cl2N3O4S2. The van der Waals surface area contributed by atoms with Gasteiger partial charge in [-0.3, -0.25) is 0 Å². The van der Waals surface area contributed by atoms with Crippen LogP contribution in [0.3, 0.4) is 0 Å². The molecule has 0 aliphatic carbocycles. The quantitative estimate of drug-likeness (QED) is 0.833. The molecule has 1 heterocycles. The molecule has 0 radical (unpaired) electrons. The molecule has 0 spiro atoms. The zero-order valence-electron chi connectivity index (χ0n) is 10.7. The fraction of sp³-hybridized carbons (Fsp3) is 0.400. The predicted molar refractivity (Wildman–Crippen MR) is 79.9 cm³/mol. The van der Waals surface area contributed by atoms with Crippen LogP contribution in [-0.2, 0) is 20.2 Å². The number of rotatable bonds is 3. The van der Waals surface area contributed by atoms with Gasteiger partial charge in [0.1, 0.15) is 4.90 Å². The molecule has 7 nitrogen and oxygen atoms in total. The van der Waals surface area contributed by atoms with Gasteiger partial charge < -0.3 is 0 Å². The molecule has 11 heteroatoms. The third-order valence-electron chi connectivity index (χ3n) is 3.07. The average Bonchev–Trinajstić information content (AvgIpc) is 2.40. The molecule has 0 aromatic heterocycles. The standard InChI is InChI=1S/C10H13Cl2N3O4S2/c11-8-1-2-9(12)10(7-8)20(16,17)14-3-5-15(6-4-14)21(13,18)19/h1-2,7H,3-6H2,(H2,13,18,19). The Hall–Kier alpha value is -0.420. The maximum absolute atomic E-state index is 12.5. The van der Waals surface area contributed by atoms with Gasteiger partial charge in [-0.05, 0) is 18.2 Å². The van der Waals surface area contributed by atoms with Crippen molar-refractivity contribution in [3.05, 3.63) is 28.2 Å². The van der Waals surface area contributed by atoms with Crippen LogP contribution in [0.2, 0.25) is 10.0 Å². The molecule has 0 saturated carbocycles. The van der Waals surface area contributed by atoms with Crippen molar-refractivity contribution in [3.8, 4) is 0 Å². The van der Waals surface area contributed by atoms with Gasteiger partial charge in [0.25, 0.3) is 10.2 Å². The Labute approximate surface area is 133 Å². The molecule has 1 aromatic carbocycles. The molecule has 0 atom stereocenters. The molecule has 118 valence electrons. The fourth-order valence-electron chi connectivity index (χ4n) is 1.98. The normalized spacial score (nSPS) is 18.8. The minimum absolute atomic E-state index is 0.00159. The SMILES string of the molecule is NS(=O)(=O)N1CCN(S(=O)(=O)c2cc(Cl)ccc2Cl)CC1. The number of nitrogens with zero attached hydrogens (tertiary/aromatic N) is 2. The lowest BCUT2D eigenvalue weighted by atomic mass is 10.4. The van der Waals surface area contributed by atoms with Crippen LogP contribution in [0.1, 0.15) is 0 Å². The molecule has 0 amide bonds. The van der Waals surface area contributed by atoms with Gasteiger partial charge in [-0.25, -0.2) is 13.6 Å². The van der Waals surface area contributed by atoms with Gasteiger partial charge in [-0.1, -0.05) is 23.2 Å². The first-order chi connectivity index (χ1) is 9.62. The summed E-state index contributed by atoms with van der Waals surface area (Å²) in [6.45, 7) is -0.00426. The molecule has 1 aromatic rings. The van der Waals surface area contributed by atoms with E-state index in [1.807, 2.05) is 0 Å². The Morgan fingerprint density at radius 2 is 1.48 bits per heavy atom. The highest BCUT2D eigenvalue weighted by molar-refractivity contribution is 7.89. The first-order valence-corrected chi connectivity index (χ1v) is 9.55. The number of sulfonamides is 1.